The fourth-order valence-electron chi connectivity index (χ4n) is 1.86. The van der Waals surface area contributed by atoms with Crippen molar-refractivity contribution in [1.82, 2.24) is 5.32 Å². The lowest BCUT2D eigenvalue weighted by Crippen LogP contribution is -2.25. The molecule has 0 atom stereocenters. The largest absolute Gasteiger partial charge is 0.496 e. The average Bonchev–Trinajstić information content (AvgIpc) is 2.51. The number of carbonyl (C=O) groups is 2. The van der Waals surface area contributed by atoms with Crippen LogP contribution in [-0.4, -0.2) is 39.8 Å². The lowest BCUT2D eigenvalue weighted by atomic mass is 10.1. The molecular formula is C15H21NO5. The molecule has 1 amide bonds. The van der Waals surface area contributed by atoms with Gasteiger partial charge in [-0.25, -0.2) is 0 Å². The molecule has 0 unspecified atom stereocenters. The first-order chi connectivity index (χ1) is 10.0. The van der Waals surface area contributed by atoms with Crippen LogP contribution >= 0.6 is 0 Å². The zero-order valence-electron chi connectivity index (χ0n) is 12.8. The number of amides is 1. The molecule has 6 nitrogen and oxygen atoms in total. The zero-order valence-corrected chi connectivity index (χ0v) is 12.8. The molecule has 0 radical (unpaired) electrons. The van der Waals surface area contributed by atoms with Gasteiger partial charge in [-0.05, 0) is 25.5 Å². The molecule has 0 heterocycles. The van der Waals surface area contributed by atoms with E-state index in [1.165, 1.54) is 7.11 Å². The molecular weight excluding hydrogens is 274 g/mol. The van der Waals surface area contributed by atoms with E-state index in [0.29, 0.717) is 30.0 Å². The minimum Gasteiger partial charge on any atom is -0.496 e. The minimum atomic E-state index is -0.289. The van der Waals surface area contributed by atoms with E-state index < -0.39 is 0 Å². The molecule has 6 heteroatoms. The highest BCUT2D eigenvalue weighted by atomic mass is 16.5. The highest BCUT2D eigenvalue weighted by Gasteiger charge is 2.13. The molecule has 0 spiro atoms. The van der Waals surface area contributed by atoms with Gasteiger partial charge in [0.1, 0.15) is 11.5 Å². The summed E-state index contributed by atoms with van der Waals surface area (Å²) in [4.78, 5) is 23.0. The van der Waals surface area contributed by atoms with Gasteiger partial charge in [-0.1, -0.05) is 0 Å². The number of nitrogens with one attached hydrogen (secondary N) is 1. The minimum absolute atomic E-state index is 0.239. The van der Waals surface area contributed by atoms with Crippen molar-refractivity contribution in [2.75, 3.05) is 27.9 Å². The van der Waals surface area contributed by atoms with Gasteiger partial charge in [0, 0.05) is 24.1 Å². The summed E-state index contributed by atoms with van der Waals surface area (Å²) in [6.07, 6.45) is 0.801. The standard InChI is InChI=1S/C15H21NO5/c1-10-12(19-2)8-11(9-13(10)20-3)15(18)16-7-5-6-14(17)21-4/h8-9H,5-7H2,1-4H3,(H,16,18). The number of hydrogen-bond donors (Lipinski definition) is 1. The van der Waals surface area contributed by atoms with Gasteiger partial charge in [-0.2, -0.15) is 0 Å². The molecule has 0 aromatic heterocycles. The maximum Gasteiger partial charge on any atom is 0.305 e. The molecule has 0 aliphatic heterocycles. The fraction of sp³-hybridized carbons (Fsp3) is 0.467. The second-order valence-corrected chi connectivity index (χ2v) is 4.44. The first kappa shape index (κ1) is 16.8. The fourth-order valence-corrected chi connectivity index (χ4v) is 1.86. The molecule has 0 aliphatic rings. The van der Waals surface area contributed by atoms with E-state index in [-0.39, 0.29) is 18.3 Å². The molecule has 116 valence electrons. The van der Waals surface area contributed by atoms with Gasteiger partial charge in [-0.3, -0.25) is 9.59 Å². The Morgan fingerprint density at radius 2 is 1.67 bits per heavy atom. The molecule has 0 fully saturated rings. The lowest BCUT2D eigenvalue weighted by molar-refractivity contribution is -0.140. The molecule has 1 aromatic carbocycles. The van der Waals surface area contributed by atoms with Crippen molar-refractivity contribution in [3.63, 3.8) is 0 Å². The Kier molecular flexibility index (Phi) is 6.52. The van der Waals surface area contributed by atoms with Crippen molar-refractivity contribution in [1.29, 1.82) is 0 Å². The Labute approximate surface area is 124 Å². The number of methoxy groups -OCH3 is 3. The number of rotatable bonds is 7. The van der Waals surface area contributed by atoms with Crippen molar-refractivity contribution in [2.45, 2.75) is 19.8 Å². The summed E-state index contributed by atoms with van der Waals surface area (Å²) in [6, 6.07) is 3.32. The zero-order chi connectivity index (χ0) is 15.8. The van der Waals surface area contributed by atoms with Crippen molar-refractivity contribution in [2.24, 2.45) is 0 Å². The maximum absolute atomic E-state index is 12.1. The number of esters is 1. The van der Waals surface area contributed by atoms with Crippen LogP contribution in [0.15, 0.2) is 12.1 Å². The Morgan fingerprint density at radius 1 is 1.10 bits per heavy atom. The van der Waals surface area contributed by atoms with Crippen LogP contribution in [0.25, 0.3) is 0 Å². The van der Waals surface area contributed by atoms with E-state index >= 15 is 0 Å². The van der Waals surface area contributed by atoms with Crippen molar-refractivity contribution in [3.05, 3.63) is 23.3 Å². The van der Waals surface area contributed by atoms with Crippen LogP contribution in [0.5, 0.6) is 11.5 Å². The third-order valence-corrected chi connectivity index (χ3v) is 3.09. The first-order valence-corrected chi connectivity index (χ1v) is 6.61. The molecule has 0 saturated carbocycles. The predicted molar refractivity (Wildman–Crippen MR) is 77.9 cm³/mol. The van der Waals surface area contributed by atoms with Gasteiger partial charge in [0.05, 0.1) is 21.3 Å². The molecule has 0 saturated heterocycles. The molecule has 0 bridgehead atoms. The second-order valence-electron chi connectivity index (χ2n) is 4.44. The van der Waals surface area contributed by atoms with Gasteiger partial charge in [0.25, 0.3) is 5.91 Å². The van der Waals surface area contributed by atoms with Gasteiger partial charge in [0.2, 0.25) is 0 Å². The molecule has 1 aromatic rings. The van der Waals surface area contributed by atoms with Crippen molar-refractivity contribution < 1.29 is 23.8 Å². The Balaban J connectivity index is 2.67. The van der Waals surface area contributed by atoms with Crippen LogP contribution < -0.4 is 14.8 Å². The smallest absolute Gasteiger partial charge is 0.305 e. The monoisotopic (exact) mass is 295 g/mol. The number of hydrogen-bond acceptors (Lipinski definition) is 5. The second kappa shape index (κ2) is 8.14. The highest BCUT2D eigenvalue weighted by molar-refractivity contribution is 5.95. The molecule has 1 rings (SSSR count). The number of carbonyl (C=O) groups excluding carboxylic acids is 2. The quantitative estimate of drug-likeness (QED) is 0.612. The summed E-state index contributed by atoms with van der Waals surface area (Å²) < 4.78 is 15.0. The topological polar surface area (TPSA) is 73.9 Å². The van der Waals surface area contributed by atoms with E-state index in [1.807, 2.05) is 6.92 Å². The van der Waals surface area contributed by atoms with Crippen LogP contribution in [0.4, 0.5) is 0 Å². The molecule has 1 N–H and O–H groups in total. The van der Waals surface area contributed by atoms with Crippen LogP contribution in [-0.2, 0) is 9.53 Å². The average molecular weight is 295 g/mol. The van der Waals surface area contributed by atoms with Gasteiger partial charge in [0.15, 0.2) is 0 Å². The third-order valence-electron chi connectivity index (χ3n) is 3.09. The van der Waals surface area contributed by atoms with Gasteiger partial charge >= 0.3 is 5.97 Å². The van der Waals surface area contributed by atoms with Crippen LogP contribution in [0, 0.1) is 6.92 Å². The molecule has 21 heavy (non-hydrogen) atoms. The summed E-state index contributed by atoms with van der Waals surface area (Å²) in [5.41, 5.74) is 1.29. The van der Waals surface area contributed by atoms with E-state index in [1.54, 1.807) is 26.4 Å². The summed E-state index contributed by atoms with van der Waals surface area (Å²) in [5.74, 6) is 0.655. The Morgan fingerprint density at radius 3 is 2.14 bits per heavy atom. The summed E-state index contributed by atoms with van der Waals surface area (Å²) in [6.45, 7) is 2.25. The normalized spacial score (nSPS) is 9.90. The molecule has 0 aliphatic carbocycles. The van der Waals surface area contributed by atoms with Crippen molar-refractivity contribution in [3.8, 4) is 11.5 Å². The van der Waals surface area contributed by atoms with Crippen molar-refractivity contribution >= 4 is 11.9 Å². The summed E-state index contributed by atoms with van der Waals surface area (Å²) in [7, 11) is 4.42. The van der Waals surface area contributed by atoms with E-state index in [0.717, 1.165) is 5.56 Å². The summed E-state index contributed by atoms with van der Waals surface area (Å²) >= 11 is 0. The van der Waals surface area contributed by atoms with E-state index in [9.17, 15) is 9.59 Å². The number of benzene rings is 1. The third kappa shape index (κ3) is 4.66. The lowest BCUT2D eigenvalue weighted by Gasteiger charge is -2.12. The van der Waals surface area contributed by atoms with Crippen LogP contribution in [0.1, 0.15) is 28.8 Å². The van der Waals surface area contributed by atoms with Crippen LogP contribution in [0.3, 0.4) is 0 Å². The Hall–Kier alpha value is -2.24. The van der Waals surface area contributed by atoms with E-state index in [2.05, 4.69) is 10.1 Å². The van der Waals surface area contributed by atoms with E-state index in [4.69, 9.17) is 9.47 Å². The maximum atomic E-state index is 12.1. The number of ether oxygens (including phenoxy) is 3. The van der Waals surface area contributed by atoms with Crippen LogP contribution in [0.2, 0.25) is 0 Å². The summed E-state index contributed by atoms with van der Waals surface area (Å²) in [5, 5.41) is 2.74. The SMILES string of the molecule is COC(=O)CCCNC(=O)c1cc(OC)c(C)c(OC)c1. The first-order valence-electron chi connectivity index (χ1n) is 6.61. The van der Waals surface area contributed by atoms with Gasteiger partial charge < -0.3 is 19.5 Å². The Bertz CT molecular complexity index is 488. The predicted octanol–water partition coefficient (Wildman–Crippen LogP) is 1.70. The van der Waals surface area contributed by atoms with Gasteiger partial charge in [-0.15, -0.1) is 0 Å². The highest BCUT2D eigenvalue weighted by Crippen LogP contribution is 2.29.